The van der Waals surface area contributed by atoms with Gasteiger partial charge in [-0.1, -0.05) is 48.5 Å². The number of hydrogen-bond acceptors (Lipinski definition) is 3. The maximum atomic E-state index is 12.1. The van der Waals surface area contributed by atoms with Crippen LogP contribution in [0, 0.1) is 0 Å². The number of rotatable bonds is 6. The van der Waals surface area contributed by atoms with E-state index in [4.69, 9.17) is 11.6 Å². The second kappa shape index (κ2) is 7.55. The number of ketones is 1. The molecule has 0 aromatic heterocycles. The van der Waals surface area contributed by atoms with Crippen LogP contribution in [0.3, 0.4) is 0 Å². The van der Waals surface area contributed by atoms with Gasteiger partial charge in [0.25, 0.3) is 10.1 Å². The molecule has 0 unspecified atom stereocenters. The summed E-state index contributed by atoms with van der Waals surface area (Å²) in [6.45, 7) is 0. The molecule has 2 rings (SSSR count). The summed E-state index contributed by atoms with van der Waals surface area (Å²) in [4.78, 5) is 11.9. The van der Waals surface area contributed by atoms with Crippen molar-refractivity contribution in [2.75, 3.05) is 5.88 Å². The van der Waals surface area contributed by atoms with E-state index in [1.165, 1.54) is 18.2 Å². The molecule has 2 aromatic carbocycles. The molecule has 0 saturated heterocycles. The van der Waals surface area contributed by atoms with Crippen molar-refractivity contribution in [2.24, 2.45) is 0 Å². The zero-order valence-corrected chi connectivity index (χ0v) is 13.7. The number of carbonyl (C=O) groups excluding carboxylic acids is 1. The van der Waals surface area contributed by atoms with Crippen LogP contribution in [-0.2, 0) is 16.5 Å². The van der Waals surface area contributed by atoms with Gasteiger partial charge in [0.1, 0.15) is 4.90 Å². The molecular weight excluding hydrogens is 336 g/mol. The van der Waals surface area contributed by atoms with Crippen molar-refractivity contribution in [3.05, 3.63) is 71.3 Å². The third-order valence-electron chi connectivity index (χ3n) is 3.22. The van der Waals surface area contributed by atoms with Gasteiger partial charge in [-0.2, -0.15) is 8.42 Å². The lowest BCUT2D eigenvalue weighted by atomic mass is 10.1. The third-order valence-corrected chi connectivity index (χ3v) is 4.42. The van der Waals surface area contributed by atoms with Crippen molar-refractivity contribution in [3.8, 4) is 0 Å². The summed E-state index contributed by atoms with van der Waals surface area (Å²) in [5.74, 6) is -0.0341. The summed E-state index contributed by atoms with van der Waals surface area (Å²) in [6.07, 6.45) is 2.96. The molecule has 0 atom stereocenters. The van der Waals surface area contributed by atoms with Crippen LogP contribution >= 0.6 is 11.6 Å². The van der Waals surface area contributed by atoms with Gasteiger partial charge < -0.3 is 0 Å². The van der Waals surface area contributed by atoms with E-state index in [0.717, 1.165) is 0 Å². The third kappa shape index (κ3) is 4.51. The van der Waals surface area contributed by atoms with Crippen molar-refractivity contribution >= 4 is 33.6 Å². The van der Waals surface area contributed by atoms with Crippen molar-refractivity contribution in [1.82, 2.24) is 0 Å². The van der Waals surface area contributed by atoms with E-state index in [2.05, 4.69) is 0 Å². The summed E-state index contributed by atoms with van der Waals surface area (Å²) in [5.41, 5.74) is 1.16. The lowest BCUT2D eigenvalue weighted by Gasteiger charge is -2.09. The molecule has 0 bridgehead atoms. The lowest BCUT2D eigenvalue weighted by Crippen LogP contribution is -2.06. The van der Waals surface area contributed by atoms with Crippen molar-refractivity contribution in [3.63, 3.8) is 0 Å². The Balaban J connectivity index is 2.42. The highest BCUT2D eigenvalue weighted by molar-refractivity contribution is 7.86. The van der Waals surface area contributed by atoms with Crippen molar-refractivity contribution < 1.29 is 17.8 Å². The second-order valence-electron chi connectivity index (χ2n) is 4.81. The predicted octanol–water partition coefficient (Wildman–Crippen LogP) is 3.61. The number of benzene rings is 2. The van der Waals surface area contributed by atoms with Gasteiger partial charge in [0, 0.05) is 11.4 Å². The first kappa shape index (κ1) is 17.4. The van der Waals surface area contributed by atoms with Crippen LogP contribution in [0.1, 0.15) is 21.5 Å². The fourth-order valence-electron chi connectivity index (χ4n) is 2.21. The molecule has 1 N–H and O–H groups in total. The average Bonchev–Trinajstić information content (AvgIpc) is 2.52. The van der Waals surface area contributed by atoms with Crippen molar-refractivity contribution in [2.45, 2.75) is 11.3 Å². The molecule has 0 spiro atoms. The number of aryl methyl sites for hydroxylation is 1. The van der Waals surface area contributed by atoms with E-state index in [0.29, 0.717) is 17.5 Å². The van der Waals surface area contributed by atoms with Gasteiger partial charge in [0.15, 0.2) is 5.78 Å². The van der Waals surface area contributed by atoms with E-state index in [1.807, 2.05) is 0 Å². The first-order valence-electron chi connectivity index (χ1n) is 6.86. The van der Waals surface area contributed by atoms with Gasteiger partial charge in [-0.25, -0.2) is 0 Å². The average molecular weight is 351 g/mol. The maximum Gasteiger partial charge on any atom is 0.295 e. The number of carbonyl (C=O) groups is 1. The highest BCUT2D eigenvalue weighted by Crippen LogP contribution is 2.23. The second-order valence-corrected chi connectivity index (χ2v) is 6.55. The van der Waals surface area contributed by atoms with E-state index in [1.54, 1.807) is 42.5 Å². The van der Waals surface area contributed by atoms with Gasteiger partial charge in [-0.05, 0) is 29.7 Å². The molecule has 23 heavy (non-hydrogen) atoms. The lowest BCUT2D eigenvalue weighted by molar-refractivity contribution is 0.104. The molecule has 0 amide bonds. The van der Waals surface area contributed by atoms with Crippen LogP contribution in [0.4, 0.5) is 0 Å². The van der Waals surface area contributed by atoms with Gasteiger partial charge >= 0.3 is 0 Å². The minimum Gasteiger partial charge on any atom is -0.289 e. The van der Waals surface area contributed by atoms with E-state index < -0.39 is 10.1 Å². The molecular formula is C17H15ClO4S. The quantitative estimate of drug-likeness (QED) is 0.374. The summed E-state index contributed by atoms with van der Waals surface area (Å²) in [6, 6.07) is 13.4. The maximum absolute atomic E-state index is 12.1. The number of allylic oxidation sites excluding steroid dienone is 1. The molecule has 0 radical (unpaired) electrons. The minimum absolute atomic E-state index is 0.210. The Labute approximate surface area is 140 Å². The summed E-state index contributed by atoms with van der Waals surface area (Å²) in [7, 11) is -4.42. The molecule has 0 heterocycles. The largest absolute Gasteiger partial charge is 0.295 e. The number of hydrogen-bond donors (Lipinski definition) is 1. The number of halogens is 1. The van der Waals surface area contributed by atoms with Crippen LogP contribution in [-0.4, -0.2) is 24.6 Å². The predicted molar refractivity (Wildman–Crippen MR) is 90.5 cm³/mol. The van der Waals surface area contributed by atoms with E-state index in [9.17, 15) is 17.8 Å². The van der Waals surface area contributed by atoms with Crippen molar-refractivity contribution in [1.29, 1.82) is 0 Å². The fraction of sp³-hybridized carbons (Fsp3) is 0.118. The molecule has 0 saturated carbocycles. The van der Waals surface area contributed by atoms with Crippen LogP contribution in [0.15, 0.2) is 59.5 Å². The summed E-state index contributed by atoms with van der Waals surface area (Å²) >= 11 is 5.67. The smallest absolute Gasteiger partial charge is 0.289 e. The monoisotopic (exact) mass is 350 g/mol. The highest BCUT2D eigenvalue weighted by Gasteiger charge is 2.18. The fourth-order valence-corrected chi connectivity index (χ4v) is 3.35. The molecule has 0 aliphatic rings. The Kier molecular flexibility index (Phi) is 5.71. The van der Waals surface area contributed by atoms with Gasteiger partial charge in [0.2, 0.25) is 0 Å². The Morgan fingerprint density at radius 1 is 1.09 bits per heavy atom. The molecule has 120 valence electrons. The molecule has 6 heteroatoms. The Hall–Kier alpha value is -1.95. The van der Waals surface area contributed by atoms with E-state index in [-0.39, 0.29) is 22.1 Å². The standard InChI is InChI=1S/C17H15ClO4S/c18-12-11-15-8-4-7-14(17(15)23(20,21)22)9-10-16(19)13-5-2-1-3-6-13/h1-10H,11-12H2,(H,20,21,22)/b10-9+. The summed E-state index contributed by atoms with van der Waals surface area (Å²) < 4.78 is 32.8. The molecule has 0 fully saturated rings. The first-order chi connectivity index (χ1) is 10.9. The zero-order valence-electron chi connectivity index (χ0n) is 12.1. The van der Waals surface area contributed by atoms with Gasteiger partial charge in [-0.3, -0.25) is 9.35 Å². The first-order valence-corrected chi connectivity index (χ1v) is 8.83. The molecule has 0 aliphatic heterocycles. The topological polar surface area (TPSA) is 71.4 Å². The molecule has 4 nitrogen and oxygen atoms in total. The Morgan fingerprint density at radius 2 is 1.78 bits per heavy atom. The number of alkyl halides is 1. The van der Waals surface area contributed by atoms with Gasteiger partial charge in [-0.15, -0.1) is 11.6 Å². The van der Waals surface area contributed by atoms with Crippen LogP contribution in [0.5, 0.6) is 0 Å². The SMILES string of the molecule is O=C(/C=C/c1cccc(CCCl)c1S(=O)(=O)O)c1ccccc1. The molecule has 2 aromatic rings. The van der Waals surface area contributed by atoms with Crippen LogP contribution in [0.25, 0.3) is 6.08 Å². The van der Waals surface area contributed by atoms with Crippen LogP contribution < -0.4 is 0 Å². The highest BCUT2D eigenvalue weighted by atomic mass is 35.5. The Morgan fingerprint density at radius 3 is 2.39 bits per heavy atom. The van der Waals surface area contributed by atoms with Crippen LogP contribution in [0.2, 0.25) is 0 Å². The normalized spacial score (nSPS) is 11.7. The zero-order chi connectivity index (χ0) is 16.9. The molecule has 0 aliphatic carbocycles. The minimum atomic E-state index is -4.42. The summed E-state index contributed by atoms with van der Waals surface area (Å²) in [5, 5.41) is 0. The van der Waals surface area contributed by atoms with E-state index >= 15 is 0 Å². The van der Waals surface area contributed by atoms with Gasteiger partial charge in [0.05, 0.1) is 0 Å². The Bertz CT molecular complexity index is 827.